The fourth-order valence-corrected chi connectivity index (χ4v) is 2.13. The van der Waals surface area contributed by atoms with Gasteiger partial charge in [0.1, 0.15) is 5.75 Å². The SMILES string of the molecule is COc1ccc(C=C(Oc2ccccc2)C(=O)O)c(OC)c1OC. The molecule has 0 atom stereocenters. The topological polar surface area (TPSA) is 74.2 Å². The number of hydrogen-bond acceptors (Lipinski definition) is 5. The van der Waals surface area contributed by atoms with Gasteiger partial charge in [0.05, 0.1) is 21.3 Å². The molecule has 2 aromatic rings. The van der Waals surface area contributed by atoms with E-state index >= 15 is 0 Å². The Labute approximate surface area is 139 Å². The van der Waals surface area contributed by atoms with Gasteiger partial charge in [-0.2, -0.15) is 0 Å². The lowest BCUT2D eigenvalue weighted by molar-refractivity contribution is -0.134. The molecule has 0 saturated heterocycles. The van der Waals surface area contributed by atoms with Crippen LogP contribution in [-0.2, 0) is 4.79 Å². The normalized spacial score (nSPS) is 10.9. The molecule has 2 aromatic carbocycles. The monoisotopic (exact) mass is 330 g/mol. The van der Waals surface area contributed by atoms with Crippen LogP contribution in [0.1, 0.15) is 5.56 Å². The molecule has 24 heavy (non-hydrogen) atoms. The van der Waals surface area contributed by atoms with Crippen molar-refractivity contribution in [3.8, 4) is 23.0 Å². The van der Waals surface area contributed by atoms with Crippen LogP contribution < -0.4 is 18.9 Å². The van der Waals surface area contributed by atoms with Crippen LogP contribution in [0.4, 0.5) is 0 Å². The first-order chi connectivity index (χ1) is 11.6. The van der Waals surface area contributed by atoms with Crippen molar-refractivity contribution in [2.75, 3.05) is 21.3 Å². The molecule has 0 aliphatic carbocycles. The van der Waals surface area contributed by atoms with E-state index in [1.54, 1.807) is 36.4 Å². The molecule has 0 amide bonds. The number of rotatable bonds is 7. The lowest BCUT2D eigenvalue weighted by atomic mass is 10.1. The summed E-state index contributed by atoms with van der Waals surface area (Å²) in [5.74, 6) is 0.186. The Balaban J connectivity index is 2.47. The van der Waals surface area contributed by atoms with Gasteiger partial charge in [-0.1, -0.05) is 18.2 Å². The van der Waals surface area contributed by atoms with Gasteiger partial charge in [-0.05, 0) is 30.3 Å². The Morgan fingerprint density at radius 3 is 2.12 bits per heavy atom. The number of para-hydroxylation sites is 1. The number of hydrogen-bond donors (Lipinski definition) is 1. The molecule has 0 radical (unpaired) electrons. The number of carbonyl (C=O) groups is 1. The number of methoxy groups -OCH3 is 3. The molecule has 0 aliphatic heterocycles. The first-order valence-electron chi connectivity index (χ1n) is 7.07. The highest BCUT2D eigenvalue weighted by atomic mass is 16.5. The second-order valence-electron chi connectivity index (χ2n) is 4.65. The summed E-state index contributed by atoms with van der Waals surface area (Å²) in [6.07, 6.45) is 1.37. The maximum absolute atomic E-state index is 11.5. The van der Waals surface area contributed by atoms with Crippen LogP contribution in [0.2, 0.25) is 0 Å². The minimum absolute atomic E-state index is 0.244. The molecular formula is C18H18O6. The zero-order valence-electron chi connectivity index (χ0n) is 13.6. The van der Waals surface area contributed by atoms with Crippen molar-refractivity contribution in [3.05, 3.63) is 53.8 Å². The summed E-state index contributed by atoms with van der Waals surface area (Å²) >= 11 is 0. The molecule has 0 aromatic heterocycles. The van der Waals surface area contributed by atoms with E-state index in [2.05, 4.69) is 0 Å². The van der Waals surface area contributed by atoms with Crippen molar-refractivity contribution < 1.29 is 28.8 Å². The molecule has 0 heterocycles. The van der Waals surface area contributed by atoms with Crippen LogP contribution in [0.15, 0.2) is 48.2 Å². The zero-order valence-corrected chi connectivity index (χ0v) is 13.6. The third kappa shape index (κ3) is 3.78. The molecule has 126 valence electrons. The fraction of sp³-hybridized carbons (Fsp3) is 0.167. The average molecular weight is 330 g/mol. The standard InChI is InChI=1S/C18H18O6/c1-21-14-10-9-12(16(22-2)17(14)23-3)11-15(18(19)20)24-13-7-5-4-6-8-13/h4-11H,1-3H3,(H,19,20). The number of carboxylic acid groups (broad SMARTS) is 1. The Morgan fingerprint density at radius 1 is 0.917 bits per heavy atom. The third-order valence-corrected chi connectivity index (χ3v) is 3.20. The molecule has 1 N–H and O–H groups in total. The molecule has 0 aliphatic rings. The summed E-state index contributed by atoms with van der Waals surface area (Å²) in [5.41, 5.74) is 0.489. The largest absolute Gasteiger partial charge is 0.493 e. The van der Waals surface area contributed by atoms with Crippen LogP contribution in [0.3, 0.4) is 0 Å². The molecular weight excluding hydrogens is 312 g/mol. The number of carboxylic acids is 1. The van der Waals surface area contributed by atoms with Crippen molar-refractivity contribution in [1.82, 2.24) is 0 Å². The van der Waals surface area contributed by atoms with Crippen molar-refractivity contribution in [3.63, 3.8) is 0 Å². The highest BCUT2D eigenvalue weighted by Gasteiger charge is 2.17. The van der Waals surface area contributed by atoms with E-state index in [0.29, 0.717) is 28.6 Å². The molecule has 0 unspecified atom stereocenters. The molecule has 0 fully saturated rings. The van der Waals surface area contributed by atoms with Crippen LogP contribution in [0.5, 0.6) is 23.0 Å². The lowest BCUT2D eigenvalue weighted by Crippen LogP contribution is -2.08. The van der Waals surface area contributed by atoms with Gasteiger partial charge in [0.15, 0.2) is 11.5 Å². The second-order valence-corrected chi connectivity index (χ2v) is 4.65. The molecule has 2 rings (SSSR count). The second kappa shape index (κ2) is 7.92. The Kier molecular flexibility index (Phi) is 5.68. The van der Waals surface area contributed by atoms with E-state index in [9.17, 15) is 9.90 Å². The van der Waals surface area contributed by atoms with Gasteiger partial charge < -0.3 is 24.1 Å². The van der Waals surface area contributed by atoms with Crippen molar-refractivity contribution in [2.24, 2.45) is 0 Å². The molecule has 6 nitrogen and oxygen atoms in total. The minimum atomic E-state index is -1.20. The van der Waals surface area contributed by atoms with Crippen LogP contribution in [0, 0.1) is 0 Å². The van der Waals surface area contributed by atoms with Gasteiger partial charge in [0, 0.05) is 5.56 Å². The Bertz CT molecular complexity index is 737. The van der Waals surface area contributed by atoms with Crippen LogP contribution >= 0.6 is 0 Å². The van der Waals surface area contributed by atoms with Crippen molar-refractivity contribution in [2.45, 2.75) is 0 Å². The quantitative estimate of drug-likeness (QED) is 0.621. The van der Waals surface area contributed by atoms with Gasteiger partial charge in [-0.25, -0.2) is 4.79 Å². The third-order valence-electron chi connectivity index (χ3n) is 3.20. The predicted molar refractivity (Wildman–Crippen MR) is 88.8 cm³/mol. The number of benzene rings is 2. The van der Waals surface area contributed by atoms with Gasteiger partial charge >= 0.3 is 5.97 Å². The van der Waals surface area contributed by atoms with Gasteiger partial charge in [-0.3, -0.25) is 0 Å². The fourth-order valence-electron chi connectivity index (χ4n) is 2.13. The maximum atomic E-state index is 11.5. The summed E-state index contributed by atoms with van der Waals surface area (Å²) in [6, 6.07) is 12.0. The minimum Gasteiger partial charge on any atom is -0.493 e. The van der Waals surface area contributed by atoms with E-state index < -0.39 is 5.97 Å². The molecule has 0 saturated carbocycles. The van der Waals surface area contributed by atoms with Crippen molar-refractivity contribution >= 4 is 12.0 Å². The predicted octanol–water partition coefficient (Wildman–Crippen LogP) is 3.22. The van der Waals surface area contributed by atoms with E-state index in [1.165, 1.54) is 27.4 Å². The van der Waals surface area contributed by atoms with E-state index in [-0.39, 0.29) is 5.76 Å². The van der Waals surface area contributed by atoms with E-state index in [0.717, 1.165) is 0 Å². The summed E-state index contributed by atoms with van der Waals surface area (Å²) in [5, 5.41) is 9.40. The van der Waals surface area contributed by atoms with Crippen molar-refractivity contribution in [1.29, 1.82) is 0 Å². The van der Waals surface area contributed by atoms with Gasteiger partial charge in [-0.15, -0.1) is 0 Å². The van der Waals surface area contributed by atoms with E-state index in [1.807, 2.05) is 6.07 Å². The molecule has 0 bridgehead atoms. The summed E-state index contributed by atoms with van der Waals surface area (Å²) < 4.78 is 21.3. The van der Waals surface area contributed by atoms with E-state index in [4.69, 9.17) is 18.9 Å². The first kappa shape index (κ1) is 17.2. The molecule has 6 heteroatoms. The highest BCUT2D eigenvalue weighted by molar-refractivity contribution is 5.91. The maximum Gasteiger partial charge on any atom is 0.371 e. The van der Waals surface area contributed by atoms with Crippen LogP contribution in [-0.4, -0.2) is 32.4 Å². The van der Waals surface area contributed by atoms with Gasteiger partial charge in [0.25, 0.3) is 0 Å². The molecule has 0 spiro atoms. The summed E-state index contributed by atoms with van der Waals surface area (Å²) in [6.45, 7) is 0. The zero-order chi connectivity index (χ0) is 17.5. The Hall–Kier alpha value is -3.15. The smallest absolute Gasteiger partial charge is 0.371 e. The van der Waals surface area contributed by atoms with Crippen LogP contribution in [0.25, 0.3) is 6.08 Å². The Morgan fingerprint density at radius 2 is 1.58 bits per heavy atom. The highest BCUT2D eigenvalue weighted by Crippen LogP contribution is 2.40. The summed E-state index contributed by atoms with van der Waals surface area (Å²) in [4.78, 5) is 11.5. The summed E-state index contributed by atoms with van der Waals surface area (Å²) in [7, 11) is 4.45. The first-order valence-corrected chi connectivity index (χ1v) is 7.07. The van der Waals surface area contributed by atoms with Gasteiger partial charge in [0.2, 0.25) is 11.5 Å². The lowest BCUT2D eigenvalue weighted by Gasteiger charge is -2.14. The number of aliphatic carboxylic acids is 1. The number of ether oxygens (including phenoxy) is 4. The average Bonchev–Trinajstić information content (AvgIpc) is 2.61.